The summed E-state index contributed by atoms with van der Waals surface area (Å²) in [5, 5.41) is 10.2. The molecular formula is C19H23BrN2O2. The summed E-state index contributed by atoms with van der Waals surface area (Å²) in [6.45, 7) is 3.41. The molecule has 5 heteroatoms. The summed E-state index contributed by atoms with van der Waals surface area (Å²) in [7, 11) is 1.55. The zero-order valence-corrected chi connectivity index (χ0v) is 15.4. The molecule has 2 aromatic rings. The van der Waals surface area contributed by atoms with Gasteiger partial charge in [0.25, 0.3) is 0 Å². The van der Waals surface area contributed by atoms with Gasteiger partial charge in [-0.15, -0.1) is 0 Å². The van der Waals surface area contributed by atoms with E-state index in [0.717, 1.165) is 25.2 Å². The molecule has 0 aliphatic carbocycles. The predicted octanol–water partition coefficient (Wildman–Crippen LogP) is 3.34. The highest BCUT2D eigenvalue weighted by Crippen LogP contribution is 2.38. The van der Waals surface area contributed by atoms with Crippen molar-refractivity contribution in [2.45, 2.75) is 12.5 Å². The second kappa shape index (κ2) is 7.55. The van der Waals surface area contributed by atoms with Gasteiger partial charge in [-0.1, -0.05) is 36.4 Å². The van der Waals surface area contributed by atoms with Crippen molar-refractivity contribution < 1.29 is 9.84 Å². The molecule has 1 aliphatic rings. The Hall–Kier alpha value is -1.56. The number of ether oxygens (including phenoxy) is 1. The minimum Gasteiger partial charge on any atom is -0.503 e. The number of nitrogens with zero attached hydrogens (tertiary/aromatic N) is 1. The number of phenolic OH excluding ortho intramolecular Hbond substituents is 1. The summed E-state index contributed by atoms with van der Waals surface area (Å²) in [6.07, 6.45) is 0. The van der Waals surface area contributed by atoms with Crippen LogP contribution in [-0.2, 0) is 6.54 Å². The topological polar surface area (TPSA) is 58.7 Å². The number of nitrogens with two attached hydrogens (primary N) is 1. The molecule has 2 atom stereocenters. The molecule has 3 rings (SSSR count). The minimum absolute atomic E-state index is 0.157. The quantitative estimate of drug-likeness (QED) is 0.821. The predicted molar refractivity (Wildman–Crippen MR) is 99.4 cm³/mol. The van der Waals surface area contributed by atoms with Gasteiger partial charge in [-0.05, 0) is 45.6 Å². The van der Waals surface area contributed by atoms with Crippen LogP contribution in [-0.4, -0.2) is 36.8 Å². The number of rotatable bonds is 5. The van der Waals surface area contributed by atoms with Gasteiger partial charge in [0.05, 0.1) is 11.6 Å². The molecule has 0 spiro atoms. The van der Waals surface area contributed by atoms with Gasteiger partial charge in [0.15, 0.2) is 11.5 Å². The van der Waals surface area contributed by atoms with Gasteiger partial charge in [0.1, 0.15) is 0 Å². The number of halogens is 1. The van der Waals surface area contributed by atoms with Gasteiger partial charge in [-0.3, -0.25) is 4.90 Å². The number of aromatic hydroxyl groups is 1. The van der Waals surface area contributed by atoms with Gasteiger partial charge in [0, 0.05) is 25.6 Å². The van der Waals surface area contributed by atoms with E-state index in [4.69, 9.17) is 10.5 Å². The number of likely N-dealkylation sites (tertiary alicyclic amines) is 1. The summed E-state index contributed by atoms with van der Waals surface area (Å²) in [5.74, 6) is 1.55. The van der Waals surface area contributed by atoms with Gasteiger partial charge < -0.3 is 15.6 Å². The number of methoxy groups -OCH3 is 1. The monoisotopic (exact) mass is 390 g/mol. The zero-order chi connectivity index (χ0) is 17.1. The van der Waals surface area contributed by atoms with E-state index < -0.39 is 0 Å². The fraction of sp³-hybridized carbons (Fsp3) is 0.368. The third-order valence-corrected chi connectivity index (χ3v) is 5.70. The van der Waals surface area contributed by atoms with Crippen molar-refractivity contribution in [3.05, 3.63) is 58.1 Å². The van der Waals surface area contributed by atoms with Crippen LogP contribution in [0.25, 0.3) is 0 Å². The molecule has 0 unspecified atom stereocenters. The van der Waals surface area contributed by atoms with Crippen molar-refractivity contribution in [1.29, 1.82) is 0 Å². The Morgan fingerprint density at radius 3 is 2.62 bits per heavy atom. The Labute approximate surface area is 151 Å². The van der Waals surface area contributed by atoms with Crippen LogP contribution in [0.2, 0.25) is 0 Å². The minimum atomic E-state index is 0.157. The van der Waals surface area contributed by atoms with E-state index in [9.17, 15) is 5.11 Å². The molecule has 0 amide bonds. The number of phenols is 1. The maximum Gasteiger partial charge on any atom is 0.172 e. The Morgan fingerprint density at radius 1 is 1.21 bits per heavy atom. The van der Waals surface area contributed by atoms with E-state index in [1.165, 1.54) is 5.56 Å². The molecule has 0 radical (unpaired) electrons. The molecule has 0 saturated carbocycles. The van der Waals surface area contributed by atoms with E-state index >= 15 is 0 Å². The molecule has 0 bridgehead atoms. The molecule has 128 valence electrons. The first-order valence-electron chi connectivity index (χ1n) is 8.15. The fourth-order valence-corrected chi connectivity index (χ4v) is 3.98. The molecule has 2 aromatic carbocycles. The van der Waals surface area contributed by atoms with E-state index in [-0.39, 0.29) is 5.75 Å². The molecule has 1 heterocycles. The lowest BCUT2D eigenvalue weighted by Crippen LogP contribution is -2.23. The zero-order valence-electron chi connectivity index (χ0n) is 13.8. The maximum atomic E-state index is 10.2. The van der Waals surface area contributed by atoms with Gasteiger partial charge >= 0.3 is 0 Å². The van der Waals surface area contributed by atoms with Crippen molar-refractivity contribution in [2.75, 3.05) is 26.7 Å². The van der Waals surface area contributed by atoms with Crippen LogP contribution in [0.15, 0.2) is 46.9 Å². The van der Waals surface area contributed by atoms with Crippen LogP contribution >= 0.6 is 15.9 Å². The summed E-state index contributed by atoms with van der Waals surface area (Å²) < 4.78 is 5.85. The SMILES string of the molecule is COc1ccc(CN2C[C@@H](CN)[C@H](c3ccccc3)C2)c(Br)c1O. The van der Waals surface area contributed by atoms with Gasteiger partial charge in [-0.25, -0.2) is 0 Å². The highest BCUT2D eigenvalue weighted by molar-refractivity contribution is 9.10. The van der Waals surface area contributed by atoms with E-state index in [2.05, 4.69) is 45.1 Å². The maximum absolute atomic E-state index is 10.2. The van der Waals surface area contributed by atoms with Crippen molar-refractivity contribution in [3.63, 3.8) is 0 Å². The standard InChI is InChI=1S/C19H23BrN2O2/c1-24-17-8-7-14(18(20)19(17)23)10-22-11-15(9-21)16(12-22)13-5-3-2-4-6-13/h2-8,15-16,23H,9-12,21H2,1H3/t15-,16+/m1/s1. The Bertz CT molecular complexity index is 693. The van der Waals surface area contributed by atoms with E-state index in [1.807, 2.05) is 12.1 Å². The Balaban J connectivity index is 1.76. The Kier molecular flexibility index (Phi) is 5.43. The number of benzene rings is 2. The lowest BCUT2D eigenvalue weighted by molar-refractivity contribution is 0.314. The van der Waals surface area contributed by atoms with Crippen LogP contribution in [0.3, 0.4) is 0 Å². The molecule has 3 N–H and O–H groups in total. The number of hydrogen-bond donors (Lipinski definition) is 2. The van der Waals surface area contributed by atoms with Crippen molar-refractivity contribution in [2.24, 2.45) is 11.7 Å². The molecule has 1 fully saturated rings. The second-order valence-corrected chi connectivity index (χ2v) is 7.09. The third-order valence-electron chi connectivity index (χ3n) is 4.82. The molecule has 1 aliphatic heterocycles. The summed E-state index contributed by atoms with van der Waals surface area (Å²) >= 11 is 3.49. The largest absolute Gasteiger partial charge is 0.503 e. The molecule has 4 nitrogen and oxygen atoms in total. The average Bonchev–Trinajstić information content (AvgIpc) is 3.03. The first-order chi connectivity index (χ1) is 11.6. The molecule has 0 aromatic heterocycles. The van der Waals surface area contributed by atoms with Crippen molar-refractivity contribution >= 4 is 15.9 Å². The highest BCUT2D eigenvalue weighted by Gasteiger charge is 2.33. The van der Waals surface area contributed by atoms with Crippen molar-refractivity contribution in [3.8, 4) is 11.5 Å². The molecule has 24 heavy (non-hydrogen) atoms. The second-order valence-electron chi connectivity index (χ2n) is 6.30. The van der Waals surface area contributed by atoms with Crippen LogP contribution in [0, 0.1) is 5.92 Å². The van der Waals surface area contributed by atoms with Crippen LogP contribution in [0.4, 0.5) is 0 Å². The summed E-state index contributed by atoms with van der Waals surface area (Å²) in [5.41, 5.74) is 8.42. The summed E-state index contributed by atoms with van der Waals surface area (Å²) in [4.78, 5) is 2.40. The molecule has 1 saturated heterocycles. The van der Waals surface area contributed by atoms with Crippen LogP contribution < -0.4 is 10.5 Å². The lowest BCUT2D eigenvalue weighted by Gasteiger charge is -2.18. The van der Waals surface area contributed by atoms with Crippen molar-refractivity contribution in [1.82, 2.24) is 4.90 Å². The van der Waals surface area contributed by atoms with E-state index in [0.29, 0.717) is 28.6 Å². The van der Waals surface area contributed by atoms with Crippen LogP contribution in [0.5, 0.6) is 11.5 Å². The average molecular weight is 391 g/mol. The highest BCUT2D eigenvalue weighted by atomic mass is 79.9. The van der Waals surface area contributed by atoms with Gasteiger partial charge in [-0.2, -0.15) is 0 Å². The smallest absolute Gasteiger partial charge is 0.172 e. The van der Waals surface area contributed by atoms with Gasteiger partial charge in [0.2, 0.25) is 0 Å². The molecular weight excluding hydrogens is 368 g/mol. The Morgan fingerprint density at radius 2 is 1.96 bits per heavy atom. The first-order valence-corrected chi connectivity index (χ1v) is 8.95. The first kappa shape index (κ1) is 17.3. The lowest BCUT2D eigenvalue weighted by atomic mass is 9.89. The van der Waals surface area contributed by atoms with E-state index in [1.54, 1.807) is 13.2 Å². The third kappa shape index (κ3) is 3.43. The normalized spacial score (nSPS) is 21.1. The van der Waals surface area contributed by atoms with Crippen LogP contribution in [0.1, 0.15) is 17.0 Å². The fourth-order valence-electron chi connectivity index (χ4n) is 3.52. The number of hydrogen-bond acceptors (Lipinski definition) is 4. The summed E-state index contributed by atoms with van der Waals surface area (Å²) in [6, 6.07) is 14.4.